The maximum Gasteiger partial charge on any atom is 0.313 e. The van der Waals surface area contributed by atoms with Gasteiger partial charge in [-0.05, 0) is 16.7 Å². The van der Waals surface area contributed by atoms with Crippen LogP contribution in [0.25, 0.3) is 0 Å². The Morgan fingerprint density at radius 3 is 2.10 bits per heavy atom. The third-order valence-corrected chi connectivity index (χ3v) is 6.38. The molecule has 0 aromatic heterocycles. The normalized spacial score (nSPS) is 25.7. The van der Waals surface area contributed by atoms with Gasteiger partial charge in [-0.25, -0.2) is 0 Å². The average Bonchev–Trinajstić information content (AvgIpc) is 2.82. The van der Waals surface area contributed by atoms with E-state index in [2.05, 4.69) is 0 Å². The second kappa shape index (κ2) is 8.86. The highest BCUT2D eigenvalue weighted by Crippen LogP contribution is 2.51. The first-order chi connectivity index (χ1) is 15.0. The zero-order valence-electron chi connectivity index (χ0n) is 17.5. The minimum absolute atomic E-state index is 0.0627. The number of ether oxygens (including phenoxy) is 1. The summed E-state index contributed by atoms with van der Waals surface area (Å²) in [5.41, 5.74) is 0.609. The minimum Gasteiger partial charge on any atom is -0.460 e. The predicted octanol–water partition coefficient (Wildman–Crippen LogP) is 4.63. The molecular weight excluding hydrogens is 388 g/mol. The third-order valence-electron chi connectivity index (χ3n) is 6.38. The molecule has 3 aromatic carbocycles. The molecule has 4 heteroatoms. The lowest BCUT2D eigenvalue weighted by Crippen LogP contribution is -2.54. The number of carbonyl (C=O) groups excluding carboxylic acids is 2. The lowest BCUT2D eigenvalue weighted by molar-refractivity contribution is -0.177. The zero-order valence-corrected chi connectivity index (χ0v) is 17.5. The molecule has 31 heavy (non-hydrogen) atoms. The van der Waals surface area contributed by atoms with Crippen molar-refractivity contribution in [3.8, 4) is 0 Å². The molecule has 0 radical (unpaired) electrons. The van der Waals surface area contributed by atoms with Crippen molar-refractivity contribution >= 4 is 11.8 Å². The molecule has 4 nitrogen and oxygen atoms in total. The van der Waals surface area contributed by atoms with E-state index in [4.69, 9.17) is 4.74 Å². The highest BCUT2D eigenvalue weighted by atomic mass is 16.5. The van der Waals surface area contributed by atoms with E-state index in [0.29, 0.717) is 5.56 Å². The molecule has 1 N–H and O–H groups in total. The van der Waals surface area contributed by atoms with Gasteiger partial charge in [0.05, 0.1) is 5.92 Å². The summed E-state index contributed by atoms with van der Waals surface area (Å²) in [5, 5.41) is 12.0. The number of aliphatic hydroxyl groups is 1. The van der Waals surface area contributed by atoms with Crippen molar-refractivity contribution < 1.29 is 19.4 Å². The van der Waals surface area contributed by atoms with Crippen molar-refractivity contribution in [2.45, 2.75) is 31.5 Å². The largest absolute Gasteiger partial charge is 0.460 e. The van der Waals surface area contributed by atoms with E-state index >= 15 is 0 Å². The predicted molar refractivity (Wildman–Crippen MR) is 118 cm³/mol. The lowest BCUT2D eigenvalue weighted by Gasteiger charge is -2.46. The van der Waals surface area contributed by atoms with E-state index in [1.165, 1.54) is 0 Å². The van der Waals surface area contributed by atoms with Gasteiger partial charge in [0.15, 0.2) is 0 Å². The van der Waals surface area contributed by atoms with Crippen LogP contribution >= 0.6 is 0 Å². The van der Waals surface area contributed by atoms with Crippen LogP contribution in [0.3, 0.4) is 0 Å². The number of carbonyl (C=O) groups is 2. The number of rotatable bonds is 5. The van der Waals surface area contributed by atoms with Gasteiger partial charge in [-0.15, -0.1) is 0 Å². The quantitative estimate of drug-likeness (QED) is 0.619. The molecular formula is C27H26O4. The molecule has 1 aliphatic carbocycles. The highest BCUT2D eigenvalue weighted by molar-refractivity contribution is 5.88. The van der Waals surface area contributed by atoms with E-state index < -0.39 is 29.3 Å². The van der Waals surface area contributed by atoms with Crippen LogP contribution in [-0.4, -0.2) is 16.9 Å². The SMILES string of the molecule is C[C@@H]1C(=O)C[C@@H](c2ccccc2)[C@H](C(=O)OCc2ccccc2)[C@@]1(O)c1ccccc1. The van der Waals surface area contributed by atoms with Gasteiger partial charge in [-0.3, -0.25) is 9.59 Å². The van der Waals surface area contributed by atoms with Gasteiger partial charge in [0, 0.05) is 18.3 Å². The van der Waals surface area contributed by atoms with E-state index in [9.17, 15) is 14.7 Å². The van der Waals surface area contributed by atoms with Crippen LogP contribution < -0.4 is 0 Å². The Balaban J connectivity index is 1.76. The van der Waals surface area contributed by atoms with Gasteiger partial charge < -0.3 is 9.84 Å². The monoisotopic (exact) mass is 414 g/mol. The van der Waals surface area contributed by atoms with Crippen LogP contribution in [0.1, 0.15) is 36.0 Å². The first-order valence-electron chi connectivity index (χ1n) is 10.6. The van der Waals surface area contributed by atoms with Gasteiger partial charge in [-0.2, -0.15) is 0 Å². The summed E-state index contributed by atoms with van der Waals surface area (Å²) < 4.78 is 5.71. The summed E-state index contributed by atoms with van der Waals surface area (Å²) in [6.07, 6.45) is 0.186. The van der Waals surface area contributed by atoms with Crippen LogP contribution in [0.5, 0.6) is 0 Å². The van der Waals surface area contributed by atoms with Gasteiger partial charge in [0.2, 0.25) is 0 Å². The minimum atomic E-state index is -1.66. The number of benzene rings is 3. The van der Waals surface area contributed by atoms with Crippen molar-refractivity contribution in [2.75, 3.05) is 0 Å². The summed E-state index contributed by atoms with van der Waals surface area (Å²) in [7, 11) is 0. The van der Waals surface area contributed by atoms with Gasteiger partial charge in [0.25, 0.3) is 0 Å². The molecule has 0 bridgehead atoms. The summed E-state index contributed by atoms with van der Waals surface area (Å²) in [5.74, 6) is -2.67. The van der Waals surface area contributed by atoms with E-state index in [1.54, 1.807) is 19.1 Å². The fourth-order valence-corrected chi connectivity index (χ4v) is 4.64. The van der Waals surface area contributed by atoms with Crippen molar-refractivity contribution in [3.63, 3.8) is 0 Å². The van der Waals surface area contributed by atoms with Crippen molar-refractivity contribution in [3.05, 3.63) is 108 Å². The summed E-state index contributed by atoms with van der Waals surface area (Å²) in [6, 6.07) is 27.9. The molecule has 0 aliphatic heterocycles. The van der Waals surface area contributed by atoms with Crippen LogP contribution in [0.2, 0.25) is 0 Å². The van der Waals surface area contributed by atoms with Crippen molar-refractivity contribution in [1.29, 1.82) is 0 Å². The molecule has 1 saturated carbocycles. The Bertz CT molecular complexity index is 1030. The highest BCUT2D eigenvalue weighted by Gasteiger charge is 2.57. The van der Waals surface area contributed by atoms with E-state index in [1.807, 2.05) is 78.9 Å². The Morgan fingerprint density at radius 2 is 1.48 bits per heavy atom. The fraction of sp³-hybridized carbons (Fsp3) is 0.259. The summed E-state index contributed by atoms with van der Waals surface area (Å²) in [4.78, 5) is 26.5. The Morgan fingerprint density at radius 1 is 0.935 bits per heavy atom. The maximum absolute atomic E-state index is 13.5. The molecule has 0 amide bonds. The second-order valence-electron chi connectivity index (χ2n) is 8.17. The first-order valence-corrected chi connectivity index (χ1v) is 10.6. The van der Waals surface area contributed by atoms with Crippen molar-refractivity contribution in [1.82, 2.24) is 0 Å². The van der Waals surface area contributed by atoms with Crippen LogP contribution in [0.4, 0.5) is 0 Å². The lowest BCUT2D eigenvalue weighted by atomic mass is 9.59. The number of hydrogen-bond donors (Lipinski definition) is 1. The molecule has 3 aromatic rings. The second-order valence-corrected chi connectivity index (χ2v) is 8.17. The smallest absolute Gasteiger partial charge is 0.313 e. The summed E-state index contributed by atoms with van der Waals surface area (Å²) >= 11 is 0. The van der Waals surface area contributed by atoms with Crippen LogP contribution in [-0.2, 0) is 26.5 Å². The molecule has 4 atom stereocenters. The van der Waals surface area contributed by atoms with E-state index in [-0.39, 0.29) is 18.8 Å². The summed E-state index contributed by atoms with van der Waals surface area (Å²) in [6.45, 7) is 1.82. The molecule has 1 aliphatic rings. The standard InChI is InChI=1S/C27H26O4/c1-19-24(28)17-23(21-13-7-3-8-14-21)25(27(19,30)22-15-9-4-10-16-22)26(29)31-18-20-11-5-2-6-12-20/h2-16,19,23,25,30H,17-18H2,1H3/t19-,23+,25-,27+/m1/s1. The average molecular weight is 415 g/mol. The molecule has 0 unspecified atom stereocenters. The Hall–Kier alpha value is -3.24. The van der Waals surface area contributed by atoms with Gasteiger partial charge >= 0.3 is 5.97 Å². The number of ketones is 1. The van der Waals surface area contributed by atoms with Crippen LogP contribution in [0, 0.1) is 11.8 Å². The fourth-order valence-electron chi connectivity index (χ4n) is 4.64. The Labute approximate surface area is 182 Å². The number of esters is 1. The third kappa shape index (κ3) is 4.04. The van der Waals surface area contributed by atoms with E-state index in [0.717, 1.165) is 11.1 Å². The maximum atomic E-state index is 13.5. The Kier molecular flexibility index (Phi) is 6.01. The van der Waals surface area contributed by atoms with Crippen molar-refractivity contribution in [2.24, 2.45) is 11.8 Å². The molecule has 0 spiro atoms. The first kappa shape index (κ1) is 21.0. The molecule has 4 rings (SSSR count). The topological polar surface area (TPSA) is 63.6 Å². The molecule has 158 valence electrons. The molecule has 0 saturated heterocycles. The van der Waals surface area contributed by atoms with Gasteiger partial charge in [0.1, 0.15) is 18.0 Å². The number of Topliss-reactive ketones (excluding diaryl/α,β-unsaturated/α-hetero) is 1. The molecule has 1 fully saturated rings. The number of hydrogen-bond acceptors (Lipinski definition) is 4. The van der Waals surface area contributed by atoms with Crippen LogP contribution in [0.15, 0.2) is 91.0 Å². The van der Waals surface area contributed by atoms with Gasteiger partial charge in [-0.1, -0.05) is 97.9 Å². The zero-order chi connectivity index (χ0) is 21.8. The molecule has 0 heterocycles.